The molecule has 0 atom stereocenters. The van der Waals surface area contributed by atoms with Gasteiger partial charge in [0.05, 0.1) is 28.9 Å². The van der Waals surface area contributed by atoms with Crippen molar-refractivity contribution in [2.24, 2.45) is 0 Å². The van der Waals surface area contributed by atoms with Crippen LogP contribution in [0.2, 0.25) is 0 Å². The summed E-state index contributed by atoms with van der Waals surface area (Å²) in [4.78, 5) is 11.4. The number of nitrogens with two attached hydrogens (primary N) is 1. The zero-order valence-corrected chi connectivity index (χ0v) is 10.6. The zero-order chi connectivity index (χ0) is 13.2. The van der Waals surface area contributed by atoms with Crippen molar-refractivity contribution in [3.8, 4) is 0 Å². The first kappa shape index (κ1) is 13.3. The lowest BCUT2D eigenvalue weighted by Crippen LogP contribution is -2.11. The number of hydrogen-bond acceptors (Lipinski definition) is 6. The maximum absolute atomic E-state index is 11.5. The number of carbonyl (C=O) groups is 1. The van der Waals surface area contributed by atoms with E-state index in [9.17, 15) is 13.2 Å². The second kappa shape index (κ2) is 4.62. The molecular formula is C10H14N2O4S. The smallest absolute Gasteiger partial charge is 0.339 e. The Bertz CT molecular complexity index is 552. The number of hydrogen-bond donors (Lipinski definition) is 2. The number of methoxy groups -OCH3 is 1. The molecule has 0 heterocycles. The molecule has 6 nitrogen and oxygen atoms in total. The second-order valence-corrected chi connectivity index (χ2v) is 5.43. The van der Waals surface area contributed by atoms with Crippen molar-refractivity contribution in [1.82, 2.24) is 0 Å². The van der Waals surface area contributed by atoms with Crippen LogP contribution >= 0.6 is 0 Å². The molecule has 0 radical (unpaired) electrons. The van der Waals surface area contributed by atoms with Crippen molar-refractivity contribution >= 4 is 27.2 Å². The molecule has 0 amide bonds. The largest absolute Gasteiger partial charge is 0.465 e. The van der Waals surface area contributed by atoms with Crippen molar-refractivity contribution in [3.05, 3.63) is 17.7 Å². The van der Waals surface area contributed by atoms with Crippen molar-refractivity contribution in [1.29, 1.82) is 0 Å². The summed E-state index contributed by atoms with van der Waals surface area (Å²) in [5.41, 5.74) is 6.35. The number of nitrogens with one attached hydrogen (secondary N) is 1. The fourth-order valence-corrected chi connectivity index (χ4v) is 2.27. The first-order valence-electron chi connectivity index (χ1n) is 4.71. The van der Waals surface area contributed by atoms with Gasteiger partial charge in [0.1, 0.15) is 0 Å². The molecule has 17 heavy (non-hydrogen) atoms. The summed E-state index contributed by atoms with van der Waals surface area (Å²) >= 11 is 0. The molecule has 0 aliphatic rings. The Labute approximate surface area is 99.7 Å². The van der Waals surface area contributed by atoms with Gasteiger partial charge in [0, 0.05) is 13.3 Å². The Hall–Kier alpha value is -1.76. The molecule has 1 aromatic carbocycles. The van der Waals surface area contributed by atoms with E-state index in [1.807, 2.05) is 0 Å². The third-order valence-corrected chi connectivity index (χ3v) is 3.36. The first-order valence-corrected chi connectivity index (χ1v) is 6.60. The summed E-state index contributed by atoms with van der Waals surface area (Å²) < 4.78 is 27.6. The maximum atomic E-state index is 11.5. The molecular weight excluding hydrogens is 244 g/mol. The van der Waals surface area contributed by atoms with Gasteiger partial charge in [0.15, 0.2) is 9.84 Å². The zero-order valence-electron chi connectivity index (χ0n) is 9.77. The monoisotopic (exact) mass is 258 g/mol. The highest BCUT2D eigenvalue weighted by molar-refractivity contribution is 7.90. The minimum atomic E-state index is -3.54. The van der Waals surface area contributed by atoms with Gasteiger partial charge in [0.25, 0.3) is 0 Å². The van der Waals surface area contributed by atoms with Crippen LogP contribution in [0.4, 0.5) is 11.4 Å². The number of esters is 1. The SMILES string of the molecule is CNc1cc(C(=O)OC)c(S(C)(=O)=O)cc1N. The quantitative estimate of drug-likeness (QED) is 0.605. The number of anilines is 2. The topological polar surface area (TPSA) is 98.5 Å². The Balaban J connectivity index is 3.59. The third-order valence-electron chi connectivity index (χ3n) is 2.23. The number of ether oxygens (including phenoxy) is 1. The van der Waals surface area contributed by atoms with Crippen LogP contribution in [-0.4, -0.2) is 34.8 Å². The predicted octanol–water partition coefficient (Wildman–Crippen LogP) is 0.501. The van der Waals surface area contributed by atoms with Crippen LogP contribution in [0, 0.1) is 0 Å². The summed E-state index contributed by atoms with van der Waals surface area (Å²) in [6.07, 6.45) is 1.01. The lowest BCUT2D eigenvalue weighted by molar-refractivity contribution is 0.0596. The molecule has 1 rings (SSSR count). The molecule has 0 saturated heterocycles. The van der Waals surface area contributed by atoms with Crippen molar-refractivity contribution in [2.75, 3.05) is 31.5 Å². The molecule has 1 aromatic rings. The van der Waals surface area contributed by atoms with Crippen LogP contribution in [-0.2, 0) is 14.6 Å². The Kier molecular flexibility index (Phi) is 3.62. The van der Waals surface area contributed by atoms with Gasteiger partial charge in [-0.15, -0.1) is 0 Å². The van der Waals surface area contributed by atoms with Gasteiger partial charge in [-0.3, -0.25) is 0 Å². The fraction of sp³-hybridized carbons (Fsp3) is 0.300. The van der Waals surface area contributed by atoms with Gasteiger partial charge in [-0.1, -0.05) is 0 Å². The highest BCUT2D eigenvalue weighted by atomic mass is 32.2. The van der Waals surface area contributed by atoms with E-state index in [0.717, 1.165) is 6.26 Å². The number of nitrogen functional groups attached to an aromatic ring is 1. The van der Waals surface area contributed by atoms with Gasteiger partial charge in [-0.05, 0) is 12.1 Å². The number of carbonyl (C=O) groups excluding carboxylic acids is 1. The first-order chi connectivity index (χ1) is 7.81. The summed E-state index contributed by atoms with van der Waals surface area (Å²) in [7, 11) is -0.742. The van der Waals surface area contributed by atoms with Crippen molar-refractivity contribution < 1.29 is 17.9 Å². The molecule has 7 heteroatoms. The average Bonchev–Trinajstić information content (AvgIpc) is 2.26. The van der Waals surface area contributed by atoms with Crippen molar-refractivity contribution in [3.63, 3.8) is 0 Å². The third kappa shape index (κ3) is 2.68. The lowest BCUT2D eigenvalue weighted by Gasteiger charge is -2.11. The lowest BCUT2D eigenvalue weighted by atomic mass is 10.1. The van der Waals surface area contributed by atoms with E-state index in [1.165, 1.54) is 19.2 Å². The molecule has 0 aromatic heterocycles. The number of benzene rings is 1. The summed E-state index contributed by atoms with van der Waals surface area (Å²) in [5.74, 6) is -0.720. The van der Waals surface area contributed by atoms with E-state index in [-0.39, 0.29) is 16.1 Å². The molecule has 0 aliphatic carbocycles. The van der Waals surface area contributed by atoms with E-state index in [2.05, 4.69) is 10.1 Å². The minimum absolute atomic E-state index is 0.0337. The molecule has 0 fully saturated rings. The molecule has 0 spiro atoms. The van der Waals surface area contributed by atoms with Crippen LogP contribution in [0.5, 0.6) is 0 Å². The van der Waals surface area contributed by atoms with Gasteiger partial charge >= 0.3 is 5.97 Å². The Morgan fingerprint density at radius 2 is 2.00 bits per heavy atom. The Morgan fingerprint density at radius 1 is 1.41 bits per heavy atom. The van der Waals surface area contributed by atoms with E-state index >= 15 is 0 Å². The van der Waals surface area contributed by atoms with E-state index in [0.29, 0.717) is 5.69 Å². The number of sulfone groups is 1. The molecule has 0 aliphatic heterocycles. The van der Waals surface area contributed by atoms with E-state index < -0.39 is 15.8 Å². The fourth-order valence-electron chi connectivity index (χ4n) is 1.39. The second-order valence-electron chi connectivity index (χ2n) is 3.45. The predicted molar refractivity (Wildman–Crippen MR) is 64.9 cm³/mol. The minimum Gasteiger partial charge on any atom is -0.465 e. The van der Waals surface area contributed by atoms with Crippen LogP contribution in [0.25, 0.3) is 0 Å². The van der Waals surface area contributed by atoms with Gasteiger partial charge in [-0.25, -0.2) is 13.2 Å². The van der Waals surface area contributed by atoms with E-state index in [1.54, 1.807) is 7.05 Å². The van der Waals surface area contributed by atoms with E-state index in [4.69, 9.17) is 5.73 Å². The van der Waals surface area contributed by atoms with Crippen LogP contribution in [0.3, 0.4) is 0 Å². The van der Waals surface area contributed by atoms with Crippen molar-refractivity contribution in [2.45, 2.75) is 4.90 Å². The standard InChI is InChI=1S/C10H14N2O4S/c1-12-8-4-6(10(13)16-2)9(5-7(8)11)17(3,14)15/h4-5,12H,11H2,1-3H3. The van der Waals surface area contributed by atoms with Gasteiger partial charge in [0.2, 0.25) is 0 Å². The summed E-state index contributed by atoms with van der Waals surface area (Å²) in [6, 6.07) is 2.60. The molecule has 94 valence electrons. The van der Waals surface area contributed by atoms with Gasteiger partial charge in [-0.2, -0.15) is 0 Å². The summed E-state index contributed by atoms with van der Waals surface area (Å²) in [6.45, 7) is 0. The molecule has 0 bridgehead atoms. The Morgan fingerprint density at radius 3 is 2.41 bits per heavy atom. The molecule has 3 N–H and O–H groups in total. The average molecular weight is 258 g/mol. The molecule has 0 saturated carbocycles. The van der Waals surface area contributed by atoms with Gasteiger partial charge < -0.3 is 15.8 Å². The highest BCUT2D eigenvalue weighted by Crippen LogP contribution is 2.27. The molecule has 0 unspecified atom stereocenters. The highest BCUT2D eigenvalue weighted by Gasteiger charge is 2.21. The maximum Gasteiger partial charge on any atom is 0.339 e. The van der Waals surface area contributed by atoms with Crippen LogP contribution in [0.15, 0.2) is 17.0 Å². The summed E-state index contributed by atoms with van der Waals surface area (Å²) in [5, 5.41) is 2.77. The van der Waals surface area contributed by atoms with Crippen LogP contribution < -0.4 is 11.1 Å². The normalized spacial score (nSPS) is 11.0. The number of rotatable bonds is 3. The van der Waals surface area contributed by atoms with Crippen LogP contribution in [0.1, 0.15) is 10.4 Å².